The van der Waals surface area contributed by atoms with Crippen LogP contribution in [-0.4, -0.2) is 16.5 Å². The van der Waals surface area contributed by atoms with Crippen molar-refractivity contribution in [2.45, 2.75) is 12.5 Å². The Kier molecular flexibility index (Phi) is 2.75. The maximum atomic E-state index is 14.0. The van der Waals surface area contributed by atoms with Crippen LogP contribution in [0.4, 0.5) is 8.78 Å². The summed E-state index contributed by atoms with van der Waals surface area (Å²) in [6.07, 6.45) is 2.22. The number of benzene rings is 1. The zero-order valence-electron chi connectivity index (χ0n) is 11.2. The summed E-state index contributed by atoms with van der Waals surface area (Å²) in [5.41, 5.74) is 3.33. The van der Waals surface area contributed by atoms with Crippen LogP contribution in [0, 0.1) is 11.8 Å². The van der Waals surface area contributed by atoms with Gasteiger partial charge in [-0.25, -0.2) is 9.37 Å². The Balaban J connectivity index is 1.92. The number of aromatic nitrogens is 2. The lowest BCUT2D eigenvalue weighted by Gasteiger charge is -2.24. The molecule has 0 amide bonds. The third kappa shape index (κ3) is 1.93. The summed E-state index contributed by atoms with van der Waals surface area (Å²) >= 11 is 0. The number of hydrogen-bond acceptors (Lipinski definition) is 2. The topological polar surface area (TPSA) is 40.7 Å². The zero-order chi connectivity index (χ0) is 14.4. The van der Waals surface area contributed by atoms with E-state index < -0.39 is 5.95 Å². The fourth-order valence-corrected chi connectivity index (χ4v) is 3.08. The molecule has 1 aliphatic heterocycles. The number of nitrogens with one attached hydrogen (secondary N) is 2. The van der Waals surface area contributed by atoms with Crippen molar-refractivity contribution in [3.05, 3.63) is 65.1 Å². The zero-order valence-corrected chi connectivity index (χ0v) is 11.2. The summed E-state index contributed by atoms with van der Waals surface area (Å²) in [4.78, 5) is 7.01. The largest absolute Gasteiger partial charge is 0.357 e. The van der Waals surface area contributed by atoms with E-state index in [0.717, 1.165) is 35.1 Å². The number of fused-ring (bicyclic) bond motifs is 3. The van der Waals surface area contributed by atoms with Crippen molar-refractivity contribution in [1.29, 1.82) is 0 Å². The lowest BCUT2D eigenvalue weighted by atomic mass is 9.95. The fourth-order valence-electron chi connectivity index (χ4n) is 3.08. The van der Waals surface area contributed by atoms with Crippen LogP contribution in [0.5, 0.6) is 0 Å². The minimum atomic E-state index is -0.479. The highest BCUT2D eigenvalue weighted by atomic mass is 19.1. The van der Waals surface area contributed by atoms with Crippen LogP contribution in [-0.2, 0) is 6.42 Å². The van der Waals surface area contributed by atoms with Crippen molar-refractivity contribution >= 4 is 10.9 Å². The number of H-pyrrole nitrogens is 1. The fraction of sp³-hybridized carbons (Fsp3) is 0.188. The molecule has 106 valence electrons. The number of nitrogens with zero attached hydrogens (tertiary/aromatic N) is 1. The van der Waals surface area contributed by atoms with Crippen molar-refractivity contribution in [2.75, 3.05) is 6.54 Å². The van der Waals surface area contributed by atoms with Crippen molar-refractivity contribution in [1.82, 2.24) is 15.3 Å². The Morgan fingerprint density at radius 2 is 2.10 bits per heavy atom. The summed E-state index contributed by atoms with van der Waals surface area (Å²) in [5.74, 6) is -0.736. The van der Waals surface area contributed by atoms with Gasteiger partial charge >= 0.3 is 0 Å². The van der Waals surface area contributed by atoms with E-state index in [1.807, 2.05) is 0 Å². The molecular formula is C16H13F2N3. The maximum Gasteiger partial charge on any atom is 0.218 e. The van der Waals surface area contributed by atoms with Gasteiger partial charge in [-0.2, -0.15) is 4.39 Å². The van der Waals surface area contributed by atoms with Crippen LogP contribution in [0.25, 0.3) is 10.9 Å². The minimum absolute atomic E-state index is 0.257. The third-order valence-corrected chi connectivity index (χ3v) is 4.01. The highest BCUT2D eigenvalue weighted by Crippen LogP contribution is 2.34. The summed E-state index contributed by atoms with van der Waals surface area (Å²) in [6.45, 7) is 0.718. The van der Waals surface area contributed by atoms with Gasteiger partial charge in [-0.3, -0.25) is 0 Å². The highest BCUT2D eigenvalue weighted by Gasteiger charge is 2.27. The highest BCUT2D eigenvalue weighted by molar-refractivity contribution is 5.85. The quantitative estimate of drug-likeness (QED) is 0.675. The Labute approximate surface area is 120 Å². The molecule has 3 nitrogen and oxygen atoms in total. The van der Waals surface area contributed by atoms with Crippen LogP contribution in [0.2, 0.25) is 0 Å². The van der Waals surface area contributed by atoms with Crippen LogP contribution >= 0.6 is 0 Å². The Morgan fingerprint density at radius 1 is 1.19 bits per heavy atom. The molecule has 21 heavy (non-hydrogen) atoms. The normalized spacial score (nSPS) is 17.9. The predicted molar refractivity (Wildman–Crippen MR) is 76.0 cm³/mol. The Morgan fingerprint density at radius 3 is 2.95 bits per heavy atom. The lowest BCUT2D eigenvalue weighted by Crippen LogP contribution is -2.31. The molecule has 0 saturated carbocycles. The molecule has 0 radical (unpaired) electrons. The second kappa shape index (κ2) is 4.63. The molecule has 3 heterocycles. The minimum Gasteiger partial charge on any atom is -0.357 e. The molecular weight excluding hydrogens is 272 g/mol. The van der Waals surface area contributed by atoms with Gasteiger partial charge in [0.1, 0.15) is 5.82 Å². The van der Waals surface area contributed by atoms with Crippen molar-refractivity contribution in [3.63, 3.8) is 0 Å². The number of aromatic amines is 1. The second-order valence-electron chi connectivity index (χ2n) is 5.23. The Hall–Kier alpha value is -2.27. The molecule has 1 unspecified atom stereocenters. The lowest BCUT2D eigenvalue weighted by molar-refractivity contribution is 0.504. The van der Waals surface area contributed by atoms with Crippen molar-refractivity contribution in [3.8, 4) is 0 Å². The molecule has 1 aromatic carbocycles. The molecule has 0 aliphatic carbocycles. The summed E-state index contributed by atoms with van der Waals surface area (Å²) in [7, 11) is 0. The summed E-state index contributed by atoms with van der Waals surface area (Å²) < 4.78 is 27.4. The smallest absolute Gasteiger partial charge is 0.218 e. The first-order valence-electron chi connectivity index (χ1n) is 6.88. The van der Waals surface area contributed by atoms with Gasteiger partial charge in [0.15, 0.2) is 0 Å². The van der Waals surface area contributed by atoms with Gasteiger partial charge in [0.05, 0.1) is 6.04 Å². The van der Waals surface area contributed by atoms with Gasteiger partial charge in [0.2, 0.25) is 5.95 Å². The van der Waals surface area contributed by atoms with Crippen LogP contribution in [0.1, 0.15) is 22.9 Å². The van der Waals surface area contributed by atoms with Gasteiger partial charge in [-0.15, -0.1) is 0 Å². The van der Waals surface area contributed by atoms with E-state index in [4.69, 9.17) is 0 Å². The first-order chi connectivity index (χ1) is 10.2. The number of hydrogen-bond donors (Lipinski definition) is 2. The van der Waals surface area contributed by atoms with E-state index >= 15 is 0 Å². The van der Waals surface area contributed by atoms with E-state index in [2.05, 4.69) is 15.3 Å². The van der Waals surface area contributed by atoms with Crippen molar-refractivity contribution < 1.29 is 8.78 Å². The third-order valence-electron chi connectivity index (χ3n) is 4.01. The molecule has 1 atom stereocenters. The average Bonchev–Trinajstić information content (AvgIpc) is 2.86. The molecule has 1 aliphatic rings. The van der Waals surface area contributed by atoms with Crippen LogP contribution in [0.3, 0.4) is 0 Å². The number of pyridine rings is 1. The number of rotatable bonds is 1. The van der Waals surface area contributed by atoms with Gasteiger partial charge in [0.25, 0.3) is 0 Å². The first-order valence-corrected chi connectivity index (χ1v) is 6.88. The maximum absolute atomic E-state index is 14.0. The molecule has 0 spiro atoms. The predicted octanol–water partition coefficient (Wildman–Crippen LogP) is 3.08. The molecule has 2 N–H and O–H groups in total. The van der Waals surface area contributed by atoms with E-state index in [1.54, 1.807) is 18.2 Å². The molecule has 2 aromatic heterocycles. The van der Waals surface area contributed by atoms with E-state index in [0.29, 0.717) is 5.56 Å². The van der Waals surface area contributed by atoms with Crippen LogP contribution in [0.15, 0.2) is 36.5 Å². The average molecular weight is 285 g/mol. The SMILES string of the molecule is Fc1ccc2[nH]c3c(c2c1)CCNC3c1cccnc1F. The second-order valence-corrected chi connectivity index (χ2v) is 5.23. The molecule has 0 bridgehead atoms. The molecule has 0 fully saturated rings. The van der Waals surface area contributed by atoms with Crippen molar-refractivity contribution in [2.24, 2.45) is 0 Å². The summed E-state index contributed by atoms with van der Waals surface area (Å²) in [6, 6.07) is 7.85. The molecule has 4 rings (SSSR count). The van der Waals surface area contributed by atoms with E-state index in [-0.39, 0.29) is 11.9 Å². The Bertz CT molecular complexity index is 826. The van der Waals surface area contributed by atoms with Gasteiger partial charge in [0, 0.05) is 34.9 Å². The van der Waals surface area contributed by atoms with E-state index in [9.17, 15) is 8.78 Å². The van der Waals surface area contributed by atoms with Crippen LogP contribution < -0.4 is 5.32 Å². The monoisotopic (exact) mass is 285 g/mol. The molecule has 0 saturated heterocycles. The first kappa shape index (κ1) is 12.5. The van der Waals surface area contributed by atoms with E-state index in [1.165, 1.54) is 18.3 Å². The molecule has 5 heteroatoms. The van der Waals surface area contributed by atoms with Gasteiger partial charge < -0.3 is 10.3 Å². The standard InChI is InChI=1S/C16H13F2N3/c17-9-3-4-13-12(8-9)10-5-7-19-14(15(10)21-13)11-2-1-6-20-16(11)18/h1-4,6,8,14,19,21H,5,7H2. The van der Waals surface area contributed by atoms with Gasteiger partial charge in [-0.1, -0.05) is 6.07 Å². The number of halogens is 2. The van der Waals surface area contributed by atoms with Gasteiger partial charge in [-0.05, 0) is 36.2 Å². The summed E-state index contributed by atoms with van der Waals surface area (Å²) in [5, 5.41) is 4.18. The molecule has 3 aromatic rings.